The third-order valence-corrected chi connectivity index (χ3v) is 9.50. The van der Waals surface area contributed by atoms with Gasteiger partial charge in [0.2, 0.25) is 0 Å². The number of allylic oxidation sites excluding steroid dienone is 1. The van der Waals surface area contributed by atoms with Crippen LogP contribution < -0.4 is 0 Å². The Balaban J connectivity index is 1.03. The lowest BCUT2D eigenvalue weighted by atomic mass is 9.83. The zero-order valence-electron chi connectivity index (χ0n) is 25.8. The molecule has 3 aliphatic rings. The first-order valence-corrected chi connectivity index (χ1v) is 15.8. The second-order valence-electron chi connectivity index (χ2n) is 12.2. The van der Waals surface area contributed by atoms with Crippen molar-refractivity contribution in [2.45, 2.75) is 45.6 Å². The van der Waals surface area contributed by atoms with E-state index < -0.39 is 0 Å². The van der Waals surface area contributed by atoms with E-state index in [1.165, 1.54) is 9.80 Å². The molecule has 1 unspecified atom stereocenters. The van der Waals surface area contributed by atoms with Crippen LogP contribution in [0.5, 0.6) is 0 Å². The molecule has 8 nitrogen and oxygen atoms in total. The molecule has 3 aromatic rings. The Kier molecular flexibility index (Phi) is 8.47. The maximum Gasteiger partial charge on any atom is 0.261 e. The summed E-state index contributed by atoms with van der Waals surface area (Å²) in [5, 5.41) is 1.65. The van der Waals surface area contributed by atoms with Gasteiger partial charge in [0.1, 0.15) is 0 Å². The van der Waals surface area contributed by atoms with E-state index in [2.05, 4.69) is 23.6 Å². The van der Waals surface area contributed by atoms with Crippen molar-refractivity contribution in [3.63, 3.8) is 0 Å². The van der Waals surface area contributed by atoms with Crippen molar-refractivity contribution in [1.29, 1.82) is 0 Å². The van der Waals surface area contributed by atoms with Gasteiger partial charge in [-0.25, -0.2) is 0 Å². The molecule has 0 saturated heterocycles. The van der Waals surface area contributed by atoms with Crippen LogP contribution in [0.3, 0.4) is 0 Å². The van der Waals surface area contributed by atoms with Gasteiger partial charge in [-0.2, -0.15) is 0 Å². The minimum atomic E-state index is -0.236. The summed E-state index contributed by atoms with van der Waals surface area (Å²) in [6.07, 6.45) is 5.50. The molecular formula is C36H40N4O4. The Morgan fingerprint density at radius 1 is 0.750 bits per heavy atom. The van der Waals surface area contributed by atoms with Gasteiger partial charge >= 0.3 is 0 Å². The summed E-state index contributed by atoms with van der Waals surface area (Å²) < 4.78 is 0. The van der Waals surface area contributed by atoms with Crippen molar-refractivity contribution in [2.24, 2.45) is 0 Å². The zero-order valence-corrected chi connectivity index (χ0v) is 25.8. The first-order valence-electron chi connectivity index (χ1n) is 15.8. The van der Waals surface area contributed by atoms with Gasteiger partial charge in [-0.05, 0) is 81.9 Å². The van der Waals surface area contributed by atoms with E-state index in [1.807, 2.05) is 55.6 Å². The number of likely N-dealkylation sites (N-methyl/N-ethyl adjacent to an activating group) is 1. The molecule has 44 heavy (non-hydrogen) atoms. The second kappa shape index (κ2) is 12.5. The SMILES string of the molecule is CCC(C)N(CCCN(C)CCN1C(=O)c2cccc3cccc(c23)C1=O)CCN1C(=O)C2=CCCc3cccc(c32)C1=O. The molecule has 0 N–H and O–H groups in total. The van der Waals surface area contributed by atoms with Crippen molar-refractivity contribution >= 4 is 40.0 Å². The molecule has 0 fully saturated rings. The van der Waals surface area contributed by atoms with Crippen molar-refractivity contribution in [2.75, 3.05) is 46.3 Å². The Morgan fingerprint density at radius 3 is 2.07 bits per heavy atom. The molecule has 2 aliphatic heterocycles. The highest BCUT2D eigenvalue weighted by Crippen LogP contribution is 2.35. The van der Waals surface area contributed by atoms with Crippen LogP contribution in [0.2, 0.25) is 0 Å². The van der Waals surface area contributed by atoms with E-state index in [4.69, 9.17) is 0 Å². The van der Waals surface area contributed by atoms with Crippen molar-refractivity contribution in [1.82, 2.24) is 19.6 Å². The number of hydrogen-bond acceptors (Lipinski definition) is 6. The topological polar surface area (TPSA) is 81.2 Å². The summed E-state index contributed by atoms with van der Waals surface area (Å²) in [6, 6.07) is 17.3. The molecule has 0 aromatic heterocycles. The number of carbonyl (C=O) groups excluding carboxylic acids is 4. The second-order valence-corrected chi connectivity index (χ2v) is 12.2. The van der Waals surface area contributed by atoms with E-state index in [0.29, 0.717) is 54.5 Å². The van der Waals surface area contributed by atoms with Gasteiger partial charge in [0.15, 0.2) is 0 Å². The third-order valence-electron chi connectivity index (χ3n) is 9.50. The molecule has 6 rings (SSSR count). The maximum absolute atomic E-state index is 13.4. The number of carbonyl (C=O) groups is 4. The van der Waals surface area contributed by atoms with E-state index in [1.54, 1.807) is 12.1 Å². The van der Waals surface area contributed by atoms with Crippen LogP contribution in [0, 0.1) is 0 Å². The number of aryl methyl sites for hydroxylation is 1. The molecule has 0 bridgehead atoms. The minimum absolute atomic E-state index is 0.181. The maximum atomic E-state index is 13.4. The lowest BCUT2D eigenvalue weighted by Gasteiger charge is -2.35. The molecule has 4 amide bonds. The highest BCUT2D eigenvalue weighted by atomic mass is 16.2. The fourth-order valence-corrected chi connectivity index (χ4v) is 6.81. The first-order chi connectivity index (χ1) is 21.3. The average molecular weight is 593 g/mol. The van der Waals surface area contributed by atoms with Gasteiger partial charge in [-0.3, -0.25) is 33.9 Å². The van der Waals surface area contributed by atoms with E-state index >= 15 is 0 Å². The van der Waals surface area contributed by atoms with Gasteiger partial charge < -0.3 is 4.90 Å². The summed E-state index contributed by atoms with van der Waals surface area (Å²) in [6.45, 7) is 7.80. The number of hydrogen-bond donors (Lipinski definition) is 0. The number of imide groups is 2. The van der Waals surface area contributed by atoms with Crippen molar-refractivity contribution < 1.29 is 19.2 Å². The van der Waals surface area contributed by atoms with Crippen LogP contribution >= 0.6 is 0 Å². The summed E-state index contributed by atoms with van der Waals surface area (Å²) >= 11 is 0. The Labute approximate surface area is 258 Å². The minimum Gasteiger partial charge on any atom is -0.305 e. The van der Waals surface area contributed by atoms with Crippen LogP contribution in [0.4, 0.5) is 0 Å². The number of rotatable bonds is 12. The van der Waals surface area contributed by atoms with Crippen LogP contribution in [-0.2, 0) is 11.2 Å². The molecule has 2 heterocycles. The lowest BCUT2D eigenvalue weighted by molar-refractivity contribution is -0.123. The van der Waals surface area contributed by atoms with Gasteiger partial charge in [0, 0.05) is 65.4 Å². The lowest BCUT2D eigenvalue weighted by Crippen LogP contribution is -2.48. The van der Waals surface area contributed by atoms with Gasteiger partial charge in [-0.15, -0.1) is 0 Å². The largest absolute Gasteiger partial charge is 0.305 e. The van der Waals surface area contributed by atoms with Gasteiger partial charge in [0.25, 0.3) is 23.6 Å². The van der Waals surface area contributed by atoms with Crippen molar-refractivity contribution in [3.05, 3.63) is 88.5 Å². The third kappa shape index (κ3) is 5.37. The number of amides is 4. The fourth-order valence-electron chi connectivity index (χ4n) is 6.81. The summed E-state index contributed by atoms with van der Waals surface area (Å²) in [5.74, 6) is -0.852. The predicted octanol–water partition coefficient (Wildman–Crippen LogP) is 4.87. The molecule has 0 spiro atoms. The Hall–Kier alpha value is -4.14. The van der Waals surface area contributed by atoms with E-state index in [-0.39, 0.29) is 23.6 Å². The molecular weight excluding hydrogens is 552 g/mol. The summed E-state index contributed by atoms with van der Waals surface area (Å²) in [5.41, 5.74) is 4.39. The molecule has 8 heteroatoms. The van der Waals surface area contributed by atoms with Crippen LogP contribution in [0.1, 0.15) is 75.3 Å². The van der Waals surface area contributed by atoms with Crippen LogP contribution in [-0.4, -0.2) is 95.6 Å². The Bertz CT molecular complexity index is 1630. The van der Waals surface area contributed by atoms with Gasteiger partial charge in [0.05, 0.1) is 0 Å². The quantitative estimate of drug-likeness (QED) is 0.279. The molecule has 228 valence electrons. The number of benzene rings is 3. The standard InChI is InChI=1S/C36H40N4O4/c1-4-24(2)38(21-23-40-35(43)29-16-7-12-26-13-8-17-30(32(26)29)36(40)44)19-9-18-37(3)20-22-39-33(41)27-14-5-10-25-11-6-15-28(31(25)27)34(39)42/h5-7,10-12,14-17,24H,4,8-9,13,18-23H2,1-3H3. The molecule has 1 atom stereocenters. The highest BCUT2D eigenvalue weighted by Gasteiger charge is 2.37. The predicted molar refractivity (Wildman–Crippen MR) is 172 cm³/mol. The first kappa shape index (κ1) is 29.9. The monoisotopic (exact) mass is 592 g/mol. The van der Waals surface area contributed by atoms with E-state index in [0.717, 1.165) is 60.7 Å². The van der Waals surface area contributed by atoms with Gasteiger partial charge in [-0.1, -0.05) is 49.4 Å². The van der Waals surface area contributed by atoms with Crippen molar-refractivity contribution in [3.8, 4) is 0 Å². The average Bonchev–Trinajstić information content (AvgIpc) is 3.04. The summed E-state index contributed by atoms with van der Waals surface area (Å²) in [4.78, 5) is 60.6. The molecule has 0 saturated carbocycles. The fraction of sp³-hybridized carbons (Fsp3) is 0.389. The smallest absolute Gasteiger partial charge is 0.261 e. The zero-order chi connectivity index (χ0) is 31.0. The van der Waals surface area contributed by atoms with Crippen LogP contribution in [0.15, 0.2) is 60.7 Å². The summed E-state index contributed by atoms with van der Waals surface area (Å²) in [7, 11) is 2.01. The Morgan fingerprint density at radius 2 is 1.36 bits per heavy atom. The molecule has 1 aliphatic carbocycles. The van der Waals surface area contributed by atoms with Crippen LogP contribution in [0.25, 0.3) is 16.3 Å². The normalized spacial score (nSPS) is 16.7. The van der Waals surface area contributed by atoms with E-state index in [9.17, 15) is 19.2 Å². The highest BCUT2D eigenvalue weighted by molar-refractivity contribution is 6.31. The molecule has 0 radical (unpaired) electrons. The number of nitrogens with zero attached hydrogens (tertiary/aromatic N) is 4. The molecule has 3 aromatic carbocycles.